The van der Waals surface area contributed by atoms with E-state index in [1.54, 1.807) is 7.11 Å². The molecule has 0 aliphatic heterocycles. The third-order valence-corrected chi connectivity index (χ3v) is 11.0. The number of aliphatic hydroxyl groups is 1. The Morgan fingerprint density at radius 1 is 0.903 bits per heavy atom. The van der Waals surface area contributed by atoms with Crippen LogP contribution in [0.25, 0.3) is 0 Å². The van der Waals surface area contributed by atoms with Crippen molar-refractivity contribution >= 4 is 18.7 Å². The van der Waals surface area contributed by atoms with Gasteiger partial charge in [0.05, 0.1) is 12.7 Å². The number of rotatable bonds is 12. The number of aliphatic hydroxyl groups excluding tert-OH is 1. The van der Waals surface area contributed by atoms with Crippen LogP contribution in [0.3, 0.4) is 0 Å². The van der Waals surface area contributed by atoms with E-state index in [-0.39, 0.29) is 30.5 Å². The smallest absolute Gasteiger partial charge is 0.261 e. The van der Waals surface area contributed by atoms with Crippen molar-refractivity contribution in [2.75, 3.05) is 27.1 Å². The molecule has 0 aromatic heterocycles. The summed E-state index contributed by atoms with van der Waals surface area (Å²) >= 11 is 0. The fourth-order valence-corrected chi connectivity index (χ4v) is 9.13. The molecule has 0 radical (unpaired) electrons. The Labute approximate surface area is 189 Å². The Balaban J connectivity index is 2.26. The van der Waals surface area contributed by atoms with Crippen LogP contribution in [0, 0.1) is 11.8 Å². The number of hydrogen-bond acceptors (Lipinski definition) is 4. The van der Waals surface area contributed by atoms with Gasteiger partial charge in [-0.3, -0.25) is 0 Å². The van der Waals surface area contributed by atoms with Crippen LogP contribution in [0.4, 0.5) is 0 Å². The molecule has 3 atom stereocenters. The molecule has 5 heteroatoms. The molecule has 2 aromatic carbocycles. The van der Waals surface area contributed by atoms with E-state index in [9.17, 15) is 5.11 Å². The standard InChI is InChI=1S/C26H40O4Si/c1-21(17-22(2)25(18-27)29-20-28-6)19-30-31(26(3,4)5,23-13-9-7-10-14-23)24-15-11-8-12-16-24/h7-16,21-22,25,27H,17-20H2,1-6H3/t21-,22-,25+/m0/s1. The molecule has 0 heterocycles. The van der Waals surface area contributed by atoms with Crippen molar-refractivity contribution in [2.24, 2.45) is 11.8 Å². The van der Waals surface area contributed by atoms with E-state index in [2.05, 4.69) is 95.3 Å². The Kier molecular flexibility index (Phi) is 9.91. The molecule has 0 saturated heterocycles. The Morgan fingerprint density at radius 3 is 1.84 bits per heavy atom. The van der Waals surface area contributed by atoms with Crippen LogP contribution in [0.5, 0.6) is 0 Å². The van der Waals surface area contributed by atoms with Gasteiger partial charge in [0, 0.05) is 13.7 Å². The number of ether oxygens (including phenoxy) is 2. The summed E-state index contributed by atoms with van der Waals surface area (Å²) in [5.41, 5.74) is 0. The number of methoxy groups -OCH3 is 1. The highest BCUT2D eigenvalue weighted by atomic mass is 28.4. The van der Waals surface area contributed by atoms with Crippen LogP contribution in [0.2, 0.25) is 5.04 Å². The van der Waals surface area contributed by atoms with Crippen LogP contribution < -0.4 is 10.4 Å². The van der Waals surface area contributed by atoms with Gasteiger partial charge in [0.1, 0.15) is 6.79 Å². The summed E-state index contributed by atoms with van der Waals surface area (Å²) in [6.45, 7) is 12.1. The van der Waals surface area contributed by atoms with Gasteiger partial charge in [0.2, 0.25) is 0 Å². The second kappa shape index (κ2) is 11.9. The maximum absolute atomic E-state index is 9.69. The van der Waals surface area contributed by atoms with Crippen molar-refractivity contribution in [3.05, 3.63) is 60.7 Å². The summed E-state index contributed by atoms with van der Waals surface area (Å²) < 4.78 is 17.7. The summed E-state index contributed by atoms with van der Waals surface area (Å²) in [6, 6.07) is 21.5. The molecule has 31 heavy (non-hydrogen) atoms. The predicted molar refractivity (Wildman–Crippen MR) is 130 cm³/mol. The van der Waals surface area contributed by atoms with Crippen molar-refractivity contribution < 1.29 is 19.0 Å². The predicted octanol–water partition coefficient (Wildman–Crippen LogP) is 4.21. The van der Waals surface area contributed by atoms with Crippen molar-refractivity contribution in [2.45, 2.75) is 52.2 Å². The van der Waals surface area contributed by atoms with Crippen LogP contribution in [-0.2, 0) is 13.9 Å². The summed E-state index contributed by atoms with van der Waals surface area (Å²) in [5.74, 6) is 0.537. The first kappa shape index (κ1) is 25.8. The van der Waals surface area contributed by atoms with Gasteiger partial charge in [-0.15, -0.1) is 0 Å². The van der Waals surface area contributed by atoms with E-state index >= 15 is 0 Å². The minimum absolute atomic E-state index is 0.00713. The summed E-state index contributed by atoms with van der Waals surface area (Å²) in [5, 5.41) is 12.3. The van der Waals surface area contributed by atoms with Crippen molar-refractivity contribution in [3.8, 4) is 0 Å². The van der Waals surface area contributed by atoms with E-state index in [1.807, 2.05) is 0 Å². The van der Waals surface area contributed by atoms with Gasteiger partial charge in [0.25, 0.3) is 8.32 Å². The zero-order chi connectivity index (χ0) is 22.9. The lowest BCUT2D eigenvalue weighted by Crippen LogP contribution is -2.66. The maximum Gasteiger partial charge on any atom is 0.261 e. The molecule has 0 saturated carbocycles. The molecule has 0 amide bonds. The first-order valence-corrected chi connectivity index (χ1v) is 13.1. The number of hydrogen-bond donors (Lipinski definition) is 1. The second-order valence-electron chi connectivity index (χ2n) is 9.59. The van der Waals surface area contributed by atoms with Gasteiger partial charge < -0.3 is 19.0 Å². The topological polar surface area (TPSA) is 47.9 Å². The third-order valence-electron chi connectivity index (χ3n) is 5.99. The highest BCUT2D eigenvalue weighted by Crippen LogP contribution is 2.37. The third kappa shape index (κ3) is 6.50. The molecule has 172 valence electrons. The molecular weight excluding hydrogens is 404 g/mol. The minimum atomic E-state index is -2.52. The van der Waals surface area contributed by atoms with Gasteiger partial charge in [-0.1, -0.05) is 95.3 Å². The fourth-order valence-electron chi connectivity index (χ4n) is 4.44. The van der Waals surface area contributed by atoms with Gasteiger partial charge >= 0.3 is 0 Å². The van der Waals surface area contributed by atoms with Gasteiger partial charge in [-0.2, -0.15) is 0 Å². The molecule has 0 aliphatic carbocycles. The Bertz CT molecular complexity index is 706. The molecule has 0 bridgehead atoms. The zero-order valence-corrected chi connectivity index (χ0v) is 21.0. The Hall–Kier alpha value is -1.50. The first-order chi connectivity index (χ1) is 14.8. The van der Waals surface area contributed by atoms with Crippen molar-refractivity contribution in [1.82, 2.24) is 0 Å². The van der Waals surface area contributed by atoms with Crippen molar-refractivity contribution in [1.29, 1.82) is 0 Å². The molecule has 0 fully saturated rings. The van der Waals surface area contributed by atoms with Crippen molar-refractivity contribution in [3.63, 3.8) is 0 Å². The van der Waals surface area contributed by atoms with E-state index in [0.717, 1.165) is 6.42 Å². The van der Waals surface area contributed by atoms with E-state index in [1.165, 1.54) is 10.4 Å². The quantitative estimate of drug-likeness (QED) is 0.394. The maximum atomic E-state index is 9.69. The monoisotopic (exact) mass is 444 g/mol. The molecule has 2 rings (SSSR count). The molecule has 0 unspecified atom stereocenters. The average molecular weight is 445 g/mol. The number of benzene rings is 2. The van der Waals surface area contributed by atoms with E-state index < -0.39 is 8.32 Å². The van der Waals surface area contributed by atoms with E-state index in [0.29, 0.717) is 12.5 Å². The first-order valence-electron chi connectivity index (χ1n) is 11.2. The zero-order valence-electron chi connectivity index (χ0n) is 20.0. The van der Waals surface area contributed by atoms with Crippen LogP contribution >= 0.6 is 0 Å². The van der Waals surface area contributed by atoms with Crippen LogP contribution in [0.15, 0.2) is 60.7 Å². The lowest BCUT2D eigenvalue weighted by atomic mass is 9.93. The summed E-state index contributed by atoms with van der Waals surface area (Å²) in [6.07, 6.45) is 0.683. The SMILES string of the molecule is COCO[C@H](CO)[C@@H](C)C[C@H](C)CO[Si](c1ccccc1)(c1ccccc1)C(C)(C)C. The molecule has 2 aromatic rings. The highest BCUT2D eigenvalue weighted by Gasteiger charge is 2.50. The van der Waals surface area contributed by atoms with E-state index in [4.69, 9.17) is 13.9 Å². The lowest BCUT2D eigenvalue weighted by Gasteiger charge is -2.43. The normalized spacial score (nSPS) is 15.5. The fraction of sp³-hybridized carbons (Fsp3) is 0.538. The van der Waals surface area contributed by atoms with Crippen LogP contribution in [-0.4, -0.2) is 46.6 Å². The summed E-state index contributed by atoms with van der Waals surface area (Å²) in [4.78, 5) is 0. The molecule has 0 spiro atoms. The second-order valence-corrected chi connectivity index (χ2v) is 13.9. The molecule has 0 aliphatic rings. The van der Waals surface area contributed by atoms with Gasteiger partial charge in [-0.25, -0.2) is 0 Å². The summed E-state index contributed by atoms with van der Waals surface area (Å²) in [7, 11) is -0.924. The molecular formula is C26H40O4Si. The van der Waals surface area contributed by atoms with Gasteiger partial charge in [-0.05, 0) is 33.7 Å². The lowest BCUT2D eigenvalue weighted by molar-refractivity contribution is -0.107. The molecule has 1 N–H and O–H groups in total. The highest BCUT2D eigenvalue weighted by molar-refractivity contribution is 6.99. The minimum Gasteiger partial charge on any atom is -0.407 e. The Morgan fingerprint density at radius 2 is 1.42 bits per heavy atom. The average Bonchev–Trinajstić information content (AvgIpc) is 2.75. The van der Waals surface area contributed by atoms with Crippen LogP contribution in [0.1, 0.15) is 41.0 Å². The molecule has 4 nitrogen and oxygen atoms in total. The largest absolute Gasteiger partial charge is 0.407 e. The van der Waals surface area contributed by atoms with Gasteiger partial charge in [0.15, 0.2) is 0 Å².